The van der Waals surface area contributed by atoms with Crippen LogP contribution in [-0.2, 0) is 0 Å². The van der Waals surface area contributed by atoms with Gasteiger partial charge in [0, 0.05) is 5.92 Å². The van der Waals surface area contributed by atoms with Crippen LogP contribution in [0.5, 0.6) is 0 Å². The molecular formula is C13H10FNS. The average molecular weight is 231 g/mol. The SMILES string of the molecule is C#Cc1cc2nc(C3CCC3)sc2cc1F. The Kier molecular flexibility index (Phi) is 2.19. The quantitative estimate of drug-likeness (QED) is 0.682. The van der Waals surface area contributed by atoms with Gasteiger partial charge in [-0.2, -0.15) is 0 Å². The highest BCUT2D eigenvalue weighted by molar-refractivity contribution is 7.18. The minimum atomic E-state index is -0.321. The van der Waals surface area contributed by atoms with E-state index < -0.39 is 0 Å². The first kappa shape index (κ1) is 9.80. The Hall–Kier alpha value is -1.40. The van der Waals surface area contributed by atoms with E-state index in [1.54, 1.807) is 17.4 Å². The highest BCUT2D eigenvalue weighted by Crippen LogP contribution is 2.40. The summed E-state index contributed by atoms with van der Waals surface area (Å²) in [6, 6.07) is 3.17. The summed E-state index contributed by atoms with van der Waals surface area (Å²) in [6.45, 7) is 0. The number of hydrogen-bond acceptors (Lipinski definition) is 2. The largest absolute Gasteiger partial charge is 0.241 e. The lowest BCUT2D eigenvalue weighted by Gasteiger charge is -2.22. The fraction of sp³-hybridized carbons (Fsp3) is 0.308. The molecule has 0 saturated heterocycles. The van der Waals surface area contributed by atoms with Gasteiger partial charge in [-0.05, 0) is 25.0 Å². The minimum Gasteiger partial charge on any atom is -0.241 e. The monoisotopic (exact) mass is 231 g/mol. The number of fused-ring (bicyclic) bond motifs is 1. The lowest BCUT2D eigenvalue weighted by atomic mass is 9.86. The minimum absolute atomic E-state index is 0.304. The second-order valence-electron chi connectivity index (χ2n) is 4.12. The van der Waals surface area contributed by atoms with Crippen molar-refractivity contribution in [3.63, 3.8) is 0 Å². The molecule has 1 heterocycles. The maximum atomic E-state index is 13.5. The molecule has 1 fully saturated rings. The summed E-state index contributed by atoms with van der Waals surface area (Å²) in [5.41, 5.74) is 1.14. The summed E-state index contributed by atoms with van der Waals surface area (Å²) in [4.78, 5) is 4.54. The number of nitrogens with zero attached hydrogens (tertiary/aromatic N) is 1. The average Bonchev–Trinajstić information content (AvgIpc) is 2.55. The van der Waals surface area contributed by atoms with Crippen LogP contribution >= 0.6 is 11.3 Å². The molecule has 0 aliphatic heterocycles. The second-order valence-corrected chi connectivity index (χ2v) is 5.19. The number of terminal acetylenes is 1. The fourth-order valence-electron chi connectivity index (χ4n) is 1.91. The molecule has 16 heavy (non-hydrogen) atoms. The van der Waals surface area contributed by atoms with Crippen molar-refractivity contribution < 1.29 is 4.39 Å². The molecule has 0 unspecified atom stereocenters. The summed E-state index contributed by atoms with van der Waals surface area (Å²) in [7, 11) is 0. The molecule has 0 amide bonds. The molecule has 3 heteroatoms. The molecular weight excluding hydrogens is 221 g/mol. The van der Waals surface area contributed by atoms with Crippen LogP contribution in [0.25, 0.3) is 10.2 Å². The lowest BCUT2D eigenvalue weighted by Crippen LogP contribution is -2.07. The zero-order valence-corrected chi connectivity index (χ0v) is 9.48. The van der Waals surface area contributed by atoms with Crippen molar-refractivity contribution in [1.29, 1.82) is 0 Å². The molecule has 1 nitrogen and oxygen atoms in total. The van der Waals surface area contributed by atoms with Crippen LogP contribution in [0.4, 0.5) is 4.39 Å². The van der Waals surface area contributed by atoms with Crippen LogP contribution in [-0.4, -0.2) is 4.98 Å². The molecule has 0 radical (unpaired) electrons. The molecule has 1 aromatic carbocycles. The smallest absolute Gasteiger partial charge is 0.140 e. The van der Waals surface area contributed by atoms with Crippen molar-refractivity contribution in [3.8, 4) is 12.3 Å². The third kappa shape index (κ3) is 1.42. The van der Waals surface area contributed by atoms with E-state index in [9.17, 15) is 4.39 Å². The number of aromatic nitrogens is 1. The first-order chi connectivity index (χ1) is 7.78. The number of halogens is 1. The van der Waals surface area contributed by atoms with Crippen LogP contribution in [0.15, 0.2) is 12.1 Å². The zero-order valence-electron chi connectivity index (χ0n) is 8.66. The molecule has 2 aromatic rings. The van der Waals surface area contributed by atoms with Crippen LogP contribution < -0.4 is 0 Å². The van der Waals surface area contributed by atoms with Gasteiger partial charge in [-0.25, -0.2) is 9.37 Å². The van der Waals surface area contributed by atoms with Gasteiger partial charge in [0.2, 0.25) is 0 Å². The first-order valence-electron chi connectivity index (χ1n) is 5.34. The molecule has 0 bridgehead atoms. The van der Waals surface area contributed by atoms with Crippen LogP contribution in [0, 0.1) is 18.2 Å². The first-order valence-corrected chi connectivity index (χ1v) is 6.16. The molecule has 1 aliphatic carbocycles. The highest BCUT2D eigenvalue weighted by atomic mass is 32.1. The summed E-state index contributed by atoms with van der Waals surface area (Å²) >= 11 is 1.59. The molecule has 0 atom stereocenters. The van der Waals surface area contributed by atoms with Gasteiger partial charge in [0.25, 0.3) is 0 Å². The Labute approximate surface area is 97.3 Å². The van der Waals surface area contributed by atoms with E-state index in [2.05, 4.69) is 10.9 Å². The molecule has 0 spiro atoms. The molecule has 3 rings (SSSR count). The summed E-state index contributed by atoms with van der Waals surface area (Å²) in [5, 5.41) is 1.13. The fourth-order valence-corrected chi connectivity index (χ4v) is 3.05. The third-order valence-corrected chi connectivity index (χ3v) is 4.28. The Morgan fingerprint density at radius 3 is 2.88 bits per heavy atom. The van der Waals surface area contributed by atoms with Gasteiger partial charge < -0.3 is 0 Å². The summed E-state index contributed by atoms with van der Waals surface area (Å²) < 4.78 is 14.4. The Morgan fingerprint density at radius 2 is 2.25 bits per heavy atom. The van der Waals surface area contributed by atoms with Gasteiger partial charge in [-0.15, -0.1) is 17.8 Å². The van der Waals surface area contributed by atoms with E-state index in [4.69, 9.17) is 6.42 Å². The molecule has 1 aliphatic rings. The van der Waals surface area contributed by atoms with Crippen LogP contribution in [0.3, 0.4) is 0 Å². The number of hydrogen-bond donors (Lipinski definition) is 0. The van der Waals surface area contributed by atoms with E-state index in [1.807, 2.05) is 0 Å². The van der Waals surface area contributed by atoms with Crippen molar-refractivity contribution in [1.82, 2.24) is 4.98 Å². The Morgan fingerprint density at radius 1 is 1.44 bits per heavy atom. The maximum absolute atomic E-state index is 13.5. The van der Waals surface area contributed by atoms with Gasteiger partial charge in [0.05, 0.1) is 20.8 Å². The van der Waals surface area contributed by atoms with Crippen LogP contribution in [0.1, 0.15) is 35.8 Å². The van der Waals surface area contributed by atoms with Crippen LogP contribution in [0.2, 0.25) is 0 Å². The molecule has 0 N–H and O–H groups in total. The van der Waals surface area contributed by atoms with Crippen molar-refractivity contribution in [3.05, 3.63) is 28.5 Å². The Bertz CT molecular complexity index is 590. The summed E-state index contributed by atoms with van der Waals surface area (Å²) in [6.07, 6.45) is 8.94. The number of rotatable bonds is 1. The van der Waals surface area contributed by atoms with Gasteiger partial charge in [0.1, 0.15) is 5.82 Å². The Balaban J connectivity index is 2.13. The van der Waals surface area contributed by atoms with Crippen molar-refractivity contribution in [2.75, 3.05) is 0 Å². The van der Waals surface area contributed by atoms with E-state index in [1.165, 1.54) is 25.3 Å². The van der Waals surface area contributed by atoms with E-state index in [-0.39, 0.29) is 5.82 Å². The summed E-state index contributed by atoms with van der Waals surface area (Å²) in [5.74, 6) is 2.62. The number of thiazole rings is 1. The van der Waals surface area contributed by atoms with Gasteiger partial charge in [-0.1, -0.05) is 12.3 Å². The normalized spacial score (nSPS) is 16.0. The highest BCUT2D eigenvalue weighted by Gasteiger charge is 2.23. The van der Waals surface area contributed by atoms with E-state index in [0.717, 1.165) is 15.2 Å². The van der Waals surface area contributed by atoms with Gasteiger partial charge >= 0.3 is 0 Å². The van der Waals surface area contributed by atoms with Crippen molar-refractivity contribution in [2.24, 2.45) is 0 Å². The molecule has 1 saturated carbocycles. The lowest BCUT2D eigenvalue weighted by molar-refractivity contribution is 0.419. The molecule has 1 aromatic heterocycles. The van der Waals surface area contributed by atoms with Crippen molar-refractivity contribution >= 4 is 21.6 Å². The maximum Gasteiger partial charge on any atom is 0.140 e. The predicted molar refractivity (Wildman–Crippen MR) is 64.1 cm³/mol. The van der Waals surface area contributed by atoms with E-state index >= 15 is 0 Å². The zero-order chi connectivity index (χ0) is 11.1. The van der Waals surface area contributed by atoms with Crippen molar-refractivity contribution in [2.45, 2.75) is 25.2 Å². The second kappa shape index (κ2) is 3.57. The third-order valence-electron chi connectivity index (χ3n) is 3.10. The topological polar surface area (TPSA) is 12.9 Å². The van der Waals surface area contributed by atoms with Gasteiger partial charge in [-0.3, -0.25) is 0 Å². The van der Waals surface area contributed by atoms with Gasteiger partial charge in [0.15, 0.2) is 0 Å². The molecule has 80 valence electrons. The standard InChI is InChI=1S/C13H10FNS/c1-2-8-6-11-12(7-10(8)14)16-13(15-11)9-4-3-5-9/h1,6-7,9H,3-5H2. The number of benzene rings is 1. The predicted octanol–water partition coefficient (Wildman–Crippen LogP) is 3.68. The van der Waals surface area contributed by atoms with E-state index in [0.29, 0.717) is 11.5 Å².